The molecule has 0 aliphatic rings. The van der Waals surface area contributed by atoms with Crippen LogP contribution in [0.15, 0.2) is 89.3 Å². The zero-order chi connectivity index (χ0) is 21.5. The number of nitrogens with zero attached hydrogens (tertiary/aromatic N) is 3. The first-order chi connectivity index (χ1) is 15.2. The molecule has 31 heavy (non-hydrogen) atoms. The van der Waals surface area contributed by atoms with Gasteiger partial charge in [-0.25, -0.2) is 0 Å². The number of rotatable bonds is 8. The normalized spacial score (nSPS) is 10.9. The van der Waals surface area contributed by atoms with Crippen molar-refractivity contribution in [2.45, 2.75) is 13.1 Å². The summed E-state index contributed by atoms with van der Waals surface area (Å²) < 4.78 is 5.58. The molecule has 4 rings (SSSR count). The van der Waals surface area contributed by atoms with Gasteiger partial charge < -0.3 is 4.42 Å². The fourth-order valence-corrected chi connectivity index (χ4v) is 3.32. The number of carbonyl (C=O) groups excluding carboxylic acids is 1. The number of benzene rings is 3. The van der Waals surface area contributed by atoms with Crippen LogP contribution >= 0.6 is 11.6 Å². The molecular weight excluding hydrogens is 412 g/mol. The Kier molecular flexibility index (Phi) is 6.72. The minimum atomic E-state index is -0.224. The van der Waals surface area contributed by atoms with Crippen LogP contribution in [-0.4, -0.2) is 27.5 Å². The Morgan fingerprint density at radius 3 is 2.00 bits per heavy atom. The summed E-state index contributed by atoms with van der Waals surface area (Å²) in [5.74, 6) is 0.0931. The van der Waals surface area contributed by atoms with Gasteiger partial charge in [0.1, 0.15) is 0 Å². The molecule has 7 heteroatoms. The van der Waals surface area contributed by atoms with Crippen LogP contribution in [0.4, 0.5) is 6.01 Å². The van der Waals surface area contributed by atoms with Gasteiger partial charge in [0.15, 0.2) is 0 Å². The number of hydrogen-bond donors (Lipinski definition) is 1. The van der Waals surface area contributed by atoms with E-state index in [1.807, 2.05) is 60.7 Å². The Balaban J connectivity index is 1.42. The molecular formula is C24H21ClN4O2. The monoisotopic (exact) mass is 432 g/mol. The number of carbonyl (C=O) groups is 1. The number of aromatic nitrogens is 2. The summed E-state index contributed by atoms with van der Waals surface area (Å²) in [6.07, 6.45) is 0. The predicted octanol–water partition coefficient (Wildman–Crippen LogP) is 5.03. The molecule has 1 N–H and O–H groups in total. The van der Waals surface area contributed by atoms with E-state index >= 15 is 0 Å². The lowest BCUT2D eigenvalue weighted by atomic mass is 10.1. The van der Waals surface area contributed by atoms with Crippen LogP contribution in [-0.2, 0) is 17.9 Å². The molecule has 0 radical (unpaired) electrons. The van der Waals surface area contributed by atoms with Crippen molar-refractivity contribution in [2.75, 3.05) is 11.9 Å². The second-order valence-corrected chi connectivity index (χ2v) is 7.52. The maximum absolute atomic E-state index is 12.7. The second-order valence-electron chi connectivity index (χ2n) is 7.08. The van der Waals surface area contributed by atoms with Crippen molar-refractivity contribution in [1.29, 1.82) is 0 Å². The number of halogens is 1. The summed E-state index contributed by atoms with van der Waals surface area (Å²) in [6, 6.07) is 27.2. The Bertz CT molecular complexity index is 1070. The summed E-state index contributed by atoms with van der Waals surface area (Å²) in [5.41, 5.74) is 3.00. The Hall–Kier alpha value is -3.48. The summed E-state index contributed by atoms with van der Waals surface area (Å²) in [5, 5.41) is 11.2. The quantitative estimate of drug-likeness (QED) is 0.422. The van der Waals surface area contributed by atoms with Crippen molar-refractivity contribution in [3.8, 4) is 11.5 Å². The van der Waals surface area contributed by atoms with Crippen molar-refractivity contribution < 1.29 is 9.21 Å². The van der Waals surface area contributed by atoms with Gasteiger partial charge in [-0.3, -0.25) is 15.0 Å². The number of nitrogens with one attached hydrogen (secondary N) is 1. The Morgan fingerprint density at radius 1 is 0.839 bits per heavy atom. The molecule has 3 aromatic carbocycles. The van der Waals surface area contributed by atoms with Gasteiger partial charge in [-0.2, -0.15) is 0 Å². The van der Waals surface area contributed by atoms with E-state index in [1.165, 1.54) is 0 Å². The van der Waals surface area contributed by atoms with Gasteiger partial charge in [-0.15, -0.1) is 5.10 Å². The van der Waals surface area contributed by atoms with Crippen LogP contribution in [0.1, 0.15) is 11.1 Å². The molecule has 0 unspecified atom stereocenters. The average Bonchev–Trinajstić information content (AvgIpc) is 3.24. The molecule has 0 saturated carbocycles. The minimum absolute atomic E-state index is 0.0642. The van der Waals surface area contributed by atoms with E-state index in [4.69, 9.17) is 16.0 Å². The van der Waals surface area contributed by atoms with E-state index in [0.29, 0.717) is 24.0 Å². The molecule has 1 aromatic heterocycles. The SMILES string of the molecule is O=C(CN(Cc1ccccc1)Cc1ccccc1)Nc1nnc(-c2ccc(Cl)cc2)o1. The lowest BCUT2D eigenvalue weighted by Crippen LogP contribution is -2.32. The van der Waals surface area contributed by atoms with Crippen molar-refractivity contribution >= 4 is 23.5 Å². The maximum Gasteiger partial charge on any atom is 0.322 e. The topological polar surface area (TPSA) is 71.3 Å². The van der Waals surface area contributed by atoms with Crippen LogP contribution < -0.4 is 5.32 Å². The van der Waals surface area contributed by atoms with Crippen molar-refractivity contribution in [3.63, 3.8) is 0 Å². The van der Waals surface area contributed by atoms with Crippen LogP contribution in [0.5, 0.6) is 0 Å². The van der Waals surface area contributed by atoms with Gasteiger partial charge in [0.25, 0.3) is 0 Å². The van der Waals surface area contributed by atoms with E-state index < -0.39 is 0 Å². The highest BCUT2D eigenvalue weighted by molar-refractivity contribution is 6.30. The first-order valence-corrected chi connectivity index (χ1v) is 10.2. The zero-order valence-electron chi connectivity index (χ0n) is 16.7. The van der Waals surface area contributed by atoms with Crippen LogP contribution in [0.2, 0.25) is 5.02 Å². The standard InChI is InChI=1S/C24H21ClN4O2/c25-21-13-11-20(12-14-21)23-27-28-24(31-23)26-22(30)17-29(15-18-7-3-1-4-8-18)16-19-9-5-2-6-10-19/h1-14H,15-17H2,(H,26,28,30). The third kappa shape index (κ3) is 6.01. The summed E-state index contributed by atoms with van der Waals surface area (Å²) in [6.45, 7) is 1.47. The molecule has 0 saturated heterocycles. The molecule has 4 aromatic rings. The van der Waals surface area contributed by atoms with E-state index in [1.54, 1.807) is 24.3 Å². The van der Waals surface area contributed by atoms with E-state index in [-0.39, 0.29) is 18.5 Å². The van der Waals surface area contributed by atoms with Crippen LogP contribution in [0.25, 0.3) is 11.5 Å². The molecule has 0 bridgehead atoms. The number of hydrogen-bond acceptors (Lipinski definition) is 5. The summed E-state index contributed by atoms with van der Waals surface area (Å²) in [4.78, 5) is 14.8. The lowest BCUT2D eigenvalue weighted by molar-refractivity contribution is -0.117. The number of amides is 1. The van der Waals surface area contributed by atoms with E-state index in [2.05, 4.69) is 20.4 Å². The molecule has 0 aliphatic heterocycles. The fourth-order valence-electron chi connectivity index (χ4n) is 3.20. The first-order valence-electron chi connectivity index (χ1n) is 9.85. The van der Waals surface area contributed by atoms with Crippen molar-refractivity contribution in [3.05, 3.63) is 101 Å². The molecule has 0 fully saturated rings. The minimum Gasteiger partial charge on any atom is -0.403 e. The van der Waals surface area contributed by atoms with Gasteiger partial charge in [-0.1, -0.05) is 77.4 Å². The highest BCUT2D eigenvalue weighted by Gasteiger charge is 2.16. The van der Waals surface area contributed by atoms with Crippen LogP contribution in [0.3, 0.4) is 0 Å². The Labute approximate surface area is 185 Å². The largest absolute Gasteiger partial charge is 0.403 e. The first kappa shape index (κ1) is 20.8. The maximum atomic E-state index is 12.7. The third-order valence-electron chi connectivity index (χ3n) is 4.63. The molecule has 6 nitrogen and oxygen atoms in total. The van der Waals surface area contributed by atoms with Crippen molar-refractivity contribution in [2.24, 2.45) is 0 Å². The third-order valence-corrected chi connectivity index (χ3v) is 4.88. The molecule has 0 aliphatic carbocycles. The van der Waals surface area contributed by atoms with Gasteiger partial charge in [0, 0.05) is 23.7 Å². The van der Waals surface area contributed by atoms with E-state index in [9.17, 15) is 4.79 Å². The van der Waals surface area contributed by atoms with Crippen LogP contribution in [0, 0.1) is 0 Å². The zero-order valence-corrected chi connectivity index (χ0v) is 17.5. The van der Waals surface area contributed by atoms with Gasteiger partial charge >= 0.3 is 6.01 Å². The smallest absolute Gasteiger partial charge is 0.322 e. The Morgan fingerprint density at radius 2 is 1.42 bits per heavy atom. The highest BCUT2D eigenvalue weighted by atomic mass is 35.5. The second kappa shape index (κ2) is 10.0. The van der Waals surface area contributed by atoms with Gasteiger partial charge in [-0.05, 0) is 35.4 Å². The number of anilines is 1. The van der Waals surface area contributed by atoms with Gasteiger partial charge in [0.05, 0.1) is 6.54 Å². The van der Waals surface area contributed by atoms with Crippen molar-refractivity contribution in [1.82, 2.24) is 15.1 Å². The van der Waals surface area contributed by atoms with E-state index in [0.717, 1.165) is 16.7 Å². The lowest BCUT2D eigenvalue weighted by Gasteiger charge is -2.21. The summed E-state index contributed by atoms with van der Waals surface area (Å²) >= 11 is 5.91. The molecule has 0 spiro atoms. The molecule has 156 valence electrons. The molecule has 1 amide bonds. The highest BCUT2D eigenvalue weighted by Crippen LogP contribution is 2.21. The molecule has 0 atom stereocenters. The average molecular weight is 433 g/mol. The van der Waals surface area contributed by atoms with Gasteiger partial charge in [0.2, 0.25) is 11.8 Å². The summed E-state index contributed by atoms with van der Waals surface area (Å²) in [7, 11) is 0. The predicted molar refractivity (Wildman–Crippen MR) is 120 cm³/mol. The molecule has 1 heterocycles. The fraction of sp³-hybridized carbons (Fsp3) is 0.125.